The molecule has 10 heavy (non-hydrogen) atoms. The van der Waals surface area contributed by atoms with Crippen LogP contribution in [0.25, 0.3) is 0 Å². The van der Waals surface area contributed by atoms with Crippen molar-refractivity contribution in [3.05, 3.63) is 0 Å². The predicted molar refractivity (Wildman–Crippen MR) is 36.7 cm³/mol. The third-order valence-corrected chi connectivity index (χ3v) is 2.36. The molecule has 1 atom stereocenters. The molecule has 0 heterocycles. The van der Waals surface area contributed by atoms with Crippen molar-refractivity contribution < 1.29 is 9.00 Å². The standard InChI is InChI=1S/C5H8N2O2S/c1-4(8)6-7-10(9)5-2-3-5/h5H,2-3H2,1H3. The van der Waals surface area contributed by atoms with Crippen molar-refractivity contribution in [2.75, 3.05) is 0 Å². The topological polar surface area (TPSA) is 58.9 Å². The number of hydrogen-bond donors (Lipinski definition) is 0. The highest BCUT2D eigenvalue weighted by atomic mass is 32.2. The fourth-order valence-corrected chi connectivity index (χ4v) is 1.30. The molecule has 0 aromatic carbocycles. The lowest BCUT2D eigenvalue weighted by molar-refractivity contribution is -0.116. The van der Waals surface area contributed by atoms with Gasteiger partial charge in [-0.25, -0.2) is 4.21 Å². The fraction of sp³-hybridized carbons (Fsp3) is 0.800. The molecule has 0 radical (unpaired) electrons. The second kappa shape index (κ2) is 3.01. The Hall–Kier alpha value is -0.580. The minimum Gasteiger partial charge on any atom is -0.271 e. The molecule has 1 unspecified atom stereocenters. The van der Waals surface area contributed by atoms with Crippen molar-refractivity contribution in [3.8, 4) is 0 Å². The second-order valence-electron chi connectivity index (χ2n) is 2.18. The largest absolute Gasteiger partial charge is 0.271 e. The molecule has 0 N–H and O–H groups in total. The maximum atomic E-state index is 10.8. The lowest BCUT2D eigenvalue weighted by Gasteiger charge is -1.83. The van der Waals surface area contributed by atoms with Gasteiger partial charge in [0, 0.05) is 6.92 Å². The minimum atomic E-state index is -1.24. The van der Waals surface area contributed by atoms with Crippen LogP contribution in [-0.2, 0) is 15.8 Å². The summed E-state index contributed by atoms with van der Waals surface area (Å²) < 4.78 is 14.1. The molecule has 0 saturated heterocycles. The highest BCUT2D eigenvalue weighted by Crippen LogP contribution is 2.26. The van der Waals surface area contributed by atoms with E-state index in [0.29, 0.717) is 0 Å². The molecule has 0 aromatic rings. The molecule has 56 valence electrons. The zero-order valence-electron chi connectivity index (χ0n) is 5.61. The van der Waals surface area contributed by atoms with Gasteiger partial charge in [0.1, 0.15) is 0 Å². The van der Waals surface area contributed by atoms with Gasteiger partial charge in [0.15, 0.2) is 11.0 Å². The maximum Gasteiger partial charge on any atom is 0.262 e. The molecular weight excluding hydrogens is 152 g/mol. The Bertz CT molecular complexity index is 198. The molecule has 1 aliphatic carbocycles. The van der Waals surface area contributed by atoms with Crippen LogP contribution in [0.3, 0.4) is 0 Å². The van der Waals surface area contributed by atoms with E-state index < -0.39 is 16.9 Å². The molecule has 1 saturated carbocycles. The van der Waals surface area contributed by atoms with Gasteiger partial charge in [-0.05, 0) is 12.8 Å². The van der Waals surface area contributed by atoms with Gasteiger partial charge >= 0.3 is 0 Å². The average Bonchev–Trinajstić information content (AvgIpc) is 2.63. The summed E-state index contributed by atoms with van der Waals surface area (Å²) in [6.07, 6.45) is 1.90. The number of carbonyl (C=O) groups is 1. The average molecular weight is 160 g/mol. The van der Waals surface area contributed by atoms with E-state index in [2.05, 4.69) is 9.63 Å². The molecule has 5 heteroatoms. The quantitative estimate of drug-likeness (QED) is 0.561. The summed E-state index contributed by atoms with van der Waals surface area (Å²) in [6.45, 7) is 1.29. The van der Waals surface area contributed by atoms with Crippen LogP contribution >= 0.6 is 0 Å². The van der Waals surface area contributed by atoms with Crippen LogP contribution in [-0.4, -0.2) is 15.4 Å². The summed E-state index contributed by atoms with van der Waals surface area (Å²) in [5.74, 6) is -0.394. The molecule has 0 aromatic heterocycles. The number of nitrogens with zero attached hydrogens (tertiary/aromatic N) is 2. The van der Waals surface area contributed by atoms with Crippen LogP contribution in [0, 0.1) is 0 Å². The molecule has 1 aliphatic rings. The molecular formula is C5H8N2O2S. The Balaban J connectivity index is 2.36. The molecule has 1 fully saturated rings. The second-order valence-corrected chi connectivity index (χ2v) is 3.56. The van der Waals surface area contributed by atoms with Gasteiger partial charge in [0.2, 0.25) is 0 Å². The van der Waals surface area contributed by atoms with Gasteiger partial charge in [-0.1, -0.05) is 4.52 Å². The lowest BCUT2D eigenvalue weighted by Crippen LogP contribution is -1.91. The molecule has 0 aliphatic heterocycles. The van der Waals surface area contributed by atoms with Gasteiger partial charge in [-0.3, -0.25) is 4.79 Å². The Labute approximate surface area is 61.3 Å². The number of rotatable bonds is 2. The van der Waals surface area contributed by atoms with E-state index in [0.717, 1.165) is 12.8 Å². The van der Waals surface area contributed by atoms with E-state index >= 15 is 0 Å². The Kier molecular flexibility index (Phi) is 2.26. The monoisotopic (exact) mass is 160 g/mol. The summed E-state index contributed by atoms with van der Waals surface area (Å²) in [7, 11) is -1.24. The van der Waals surface area contributed by atoms with Crippen molar-refractivity contribution in [3.63, 3.8) is 0 Å². The third-order valence-electron chi connectivity index (χ3n) is 1.07. The Morgan fingerprint density at radius 2 is 2.20 bits per heavy atom. The van der Waals surface area contributed by atoms with E-state index in [-0.39, 0.29) is 5.25 Å². The third kappa shape index (κ3) is 2.34. The first kappa shape index (κ1) is 7.53. The van der Waals surface area contributed by atoms with E-state index in [1.54, 1.807) is 0 Å². The molecule has 4 nitrogen and oxygen atoms in total. The highest BCUT2D eigenvalue weighted by Gasteiger charge is 2.28. The van der Waals surface area contributed by atoms with E-state index in [9.17, 15) is 9.00 Å². The SMILES string of the molecule is CC(=O)N=NS(=O)C1CC1. The maximum absolute atomic E-state index is 10.8. The molecule has 1 rings (SSSR count). The van der Waals surface area contributed by atoms with E-state index in [1.165, 1.54) is 6.92 Å². The highest BCUT2D eigenvalue weighted by molar-refractivity contribution is 7.84. The molecule has 1 amide bonds. The zero-order chi connectivity index (χ0) is 7.56. The number of amides is 1. The summed E-state index contributed by atoms with van der Waals surface area (Å²) in [6, 6.07) is 0. The molecule has 0 bridgehead atoms. The van der Waals surface area contributed by atoms with Crippen LogP contribution in [0.1, 0.15) is 19.8 Å². The van der Waals surface area contributed by atoms with Crippen LogP contribution in [0.2, 0.25) is 0 Å². The first-order chi connectivity index (χ1) is 4.70. The zero-order valence-corrected chi connectivity index (χ0v) is 6.43. The first-order valence-electron chi connectivity index (χ1n) is 3.03. The van der Waals surface area contributed by atoms with Crippen molar-refractivity contribution in [1.29, 1.82) is 0 Å². The van der Waals surface area contributed by atoms with Crippen molar-refractivity contribution >= 4 is 16.9 Å². The van der Waals surface area contributed by atoms with Crippen LogP contribution in [0.4, 0.5) is 0 Å². The number of hydrogen-bond acceptors (Lipinski definition) is 2. The van der Waals surface area contributed by atoms with E-state index in [4.69, 9.17) is 0 Å². The Morgan fingerprint density at radius 3 is 2.60 bits per heavy atom. The fourth-order valence-electron chi connectivity index (χ4n) is 0.434. The first-order valence-corrected chi connectivity index (χ1v) is 4.20. The summed E-state index contributed by atoms with van der Waals surface area (Å²) in [5.41, 5.74) is 0. The van der Waals surface area contributed by atoms with Gasteiger partial charge in [-0.2, -0.15) is 0 Å². The molecule has 0 spiro atoms. The number of carbonyl (C=O) groups excluding carboxylic acids is 1. The smallest absolute Gasteiger partial charge is 0.262 e. The van der Waals surface area contributed by atoms with Gasteiger partial charge in [-0.15, -0.1) is 5.11 Å². The summed E-state index contributed by atoms with van der Waals surface area (Å²) in [4.78, 5) is 10.2. The van der Waals surface area contributed by atoms with Gasteiger partial charge in [0.25, 0.3) is 5.91 Å². The van der Waals surface area contributed by atoms with E-state index in [1.807, 2.05) is 0 Å². The van der Waals surface area contributed by atoms with Crippen molar-refractivity contribution in [1.82, 2.24) is 0 Å². The van der Waals surface area contributed by atoms with Crippen molar-refractivity contribution in [2.45, 2.75) is 25.0 Å². The van der Waals surface area contributed by atoms with Crippen LogP contribution in [0.5, 0.6) is 0 Å². The van der Waals surface area contributed by atoms with Gasteiger partial charge in [0.05, 0.1) is 5.25 Å². The normalized spacial score (nSPS) is 21.3. The predicted octanol–water partition coefficient (Wildman–Crippen LogP) is 0.811. The van der Waals surface area contributed by atoms with Crippen LogP contribution < -0.4 is 0 Å². The summed E-state index contributed by atoms with van der Waals surface area (Å²) >= 11 is 0. The lowest BCUT2D eigenvalue weighted by atomic mass is 10.8. The van der Waals surface area contributed by atoms with Crippen molar-refractivity contribution in [2.24, 2.45) is 9.63 Å². The summed E-state index contributed by atoms with van der Waals surface area (Å²) in [5, 5.41) is 3.34. The van der Waals surface area contributed by atoms with Gasteiger partial charge < -0.3 is 0 Å². The minimum absolute atomic E-state index is 0.170. The van der Waals surface area contributed by atoms with Crippen LogP contribution in [0.15, 0.2) is 9.63 Å². The Morgan fingerprint density at radius 1 is 1.60 bits per heavy atom.